The topological polar surface area (TPSA) is 0 Å². The van der Waals surface area contributed by atoms with Crippen LogP contribution in [0, 0.1) is 11.8 Å². The van der Waals surface area contributed by atoms with E-state index in [4.69, 9.17) is 0 Å². The second kappa shape index (κ2) is 14.0. The van der Waals surface area contributed by atoms with Crippen LogP contribution in [0.5, 0.6) is 0 Å². The van der Waals surface area contributed by atoms with Crippen LogP contribution in [0.15, 0.2) is 96.1 Å². The van der Waals surface area contributed by atoms with E-state index in [1.165, 1.54) is 57.3 Å². The molecule has 0 aliphatic heterocycles. The van der Waals surface area contributed by atoms with Crippen molar-refractivity contribution in [2.75, 3.05) is 0 Å². The van der Waals surface area contributed by atoms with Gasteiger partial charge in [0.05, 0.1) is 8.07 Å². The summed E-state index contributed by atoms with van der Waals surface area (Å²) in [4.78, 5) is 0. The number of hydrogen-bond acceptors (Lipinski definition) is 0. The van der Waals surface area contributed by atoms with E-state index in [9.17, 15) is 0 Å². The molecule has 0 fully saturated rings. The lowest BCUT2D eigenvalue weighted by atomic mass is 9.95. The van der Waals surface area contributed by atoms with E-state index in [1.807, 2.05) is 0 Å². The van der Waals surface area contributed by atoms with Gasteiger partial charge in [-0.3, -0.25) is 0 Å². The maximum absolute atomic E-state index is 2.72. The third-order valence-electron chi connectivity index (χ3n) is 10.7. The van der Waals surface area contributed by atoms with E-state index in [0.717, 1.165) is 25.7 Å². The van der Waals surface area contributed by atoms with Crippen LogP contribution in [-0.4, -0.2) is 8.07 Å². The van der Waals surface area contributed by atoms with Gasteiger partial charge in [0.2, 0.25) is 0 Å². The number of benzene rings is 4. The van der Waals surface area contributed by atoms with Gasteiger partial charge in [-0.25, -0.2) is 0 Å². The Balaban J connectivity index is 1.46. The molecule has 2 aliphatic rings. The Morgan fingerprint density at radius 3 is 1.26 bits per heavy atom. The maximum Gasteiger partial charge on any atom is 0.0722 e. The molecule has 2 atom stereocenters. The highest BCUT2D eigenvalue weighted by Crippen LogP contribution is 2.56. The van der Waals surface area contributed by atoms with Crippen LogP contribution < -0.4 is 0 Å². The normalized spacial score (nSPS) is 17.2. The number of aryl methyl sites for hydroxylation is 2. The summed E-state index contributed by atoms with van der Waals surface area (Å²) in [6, 6.07) is 33.2. The zero-order valence-corrected chi connectivity index (χ0v) is 31.3. The van der Waals surface area contributed by atoms with Crippen LogP contribution in [0.2, 0.25) is 13.1 Å². The molecule has 4 aromatic carbocycles. The predicted molar refractivity (Wildman–Crippen MR) is 210 cm³/mol. The Morgan fingerprint density at radius 1 is 0.532 bits per heavy atom. The minimum absolute atomic E-state index is 0.503. The van der Waals surface area contributed by atoms with Gasteiger partial charge in [0, 0.05) is 11.1 Å². The lowest BCUT2D eigenvalue weighted by Gasteiger charge is -2.41. The molecule has 47 heavy (non-hydrogen) atoms. The minimum atomic E-state index is -2.02. The predicted octanol–water partition coefficient (Wildman–Crippen LogP) is 13.5. The highest BCUT2D eigenvalue weighted by Gasteiger charge is 2.48. The Morgan fingerprint density at radius 2 is 0.915 bits per heavy atom. The Bertz CT molecular complexity index is 1630. The van der Waals surface area contributed by atoms with Crippen molar-refractivity contribution in [1.82, 2.24) is 0 Å². The summed E-state index contributed by atoms with van der Waals surface area (Å²) in [6.45, 7) is 19.6. The summed E-state index contributed by atoms with van der Waals surface area (Å²) in [5.74, 6) is 1.26. The summed E-state index contributed by atoms with van der Waals surface area (Å²) in [7, 11) is -2.02. The summed E-state index contributed by atoms with van der Waals surface area (Å²) >= 11 is 0. The third kappa shape index (κ3) is 6.66. The van der Waals surface area contributed by atoms with Gasteiger partial charge in [0.25, 0.3) is 0 Å². The van der Waals surface area contributed by atoms with Gasteiger partial charge in [-0.05, 0) is 93.2 Å². The van der Waals surface area contributed by atoms with E-state index in [-0.39, 0.29) is 0 Å². The molecular weight excluding hydrogens is 581 g/mol. The van der Waals surface area contributed by atoms with Gasteiger partial charge >= 0.3 is 0 Å². The number of rotatable bonds is 12. The minimum Gasteiger partial charge on any atom is -0.0679 e. The molecule has 0 radical (unpaired) electrons. The molecule has 0 aromatic heterocycles. The molecule has 0 saturated carbocycles. The van der Waals surface area contributed by atoms with Crippen molar-refractivity contribution in [3.8, 4) is 22.3 Å². The Hall–Kier alpha value is -3.42. The van der Waals surface area contributed by atoms with Crippen molar-refractivity contribution in [2.45, 2.75) is 104 Å². The zero-order valence-electron chi connectivity index (χ0n) is 30.3. The molecule has 4 aromatic rings. The average molecular weight is 637 g/mol. The van der Waals surface area contributed by atoms with Gasteiger partial charge in [-0.15, -0.1) is 0 Å². The second-order valence-corrected chi connectivity index (χ2v) is 20.6. The summed E-state index contributed by atoms with van der Waals surface area (Å²) in [5, 5.41) is 0. The molecule has 0 amide bonds. The first-order chi connectivity index (χ1) is 22.6. The van der Waals surface area contributed by atoms with Crippen molar-refractivity contribution < 1.29 is 0 Å². The first-order valence-corrected chi connectivity index (χ1v) is 21.6. The number of allylic oxidation sites excluding steroid dienone is 2. The highest BCUT2D eigenvalue weighted by molar-refractivity contribution is 6.81. The Kier molecular flexibility index (Phi) is 9.95. The van der Waals surface area contributed by atoms with Gasteiger partial charge in [0.1, 0.15) is 0 Å². The molecule has 244 valence electrons. The largest absolute Gasteiger partial charge is 0.0722 e. The fourth-order valence-electron chi connectivity index (χ4n) is 8.93. The van der Waals surface area contributed by atoms with Gasteiger partial charge in [-0.2, -0.15) is 0 Å². The summed E-state index contributed by atoms with van der Waals surface area (Å²) < 4.78 is 0. The molecule has 0 heterocycles. The fraction of sp³-hybridized carbons (Fsp3) is 0.391. The number of hydrogen-bond donors (Lipinski definition) is 0. The highest BCUT2D eigenvalue weighted by atomic mass is 28.3. The first kappa shape index (κ1) is 33.5. The standard InChI is InChI=1S/C46H56Si/c1-9-13-33-19-23-35(24-20-33)39-15-11-17-41-43(39)29-37(27-31(3)4)45(41)47(7,8)46-38(28-32(5)6)30-44-40(16-12-18-42(44)46)36-25-21-34(14-10-2)22-26-36/h11-12,15-26,29-32,45-46H,9-10,13-14,27-28H2,1-8H3. The SMILES string of the molecule is CCCc1ccc(-c2cccc3c2C=C(CC(C)C)C3[Si](C)(C)C2C(CC(C)C)=Cc3c(-c4ccc(CCC)cc4)cccc32)cc1. The van der Waals surface area contributed by atoms with Crippen LogP contribution in [-0.2, 0) is 12.8 Å². The van der Waals surface area contributed by atoms with Gasteiger partial charge in [0.15, 0.2) is 0 Å². The van der Waals surface area contributed by atoms with E-state index in [1.54, 1.807) is 22.3 Å². The lowest BCUT2D eigenvalue weighted by molar-refractivity contribution is 0.623. The van der Waals surface area contributed by atoms with Crippen LogP contribution in [0.3, 0.4) is 0 Å². The van der Waals surface area contributed by atoms with E-state index < -0.39 is 8.07 Å². The number of fused-ring (bicyclic) bond motifs is 2. The van der Waals surface area contributed by atoms with E-state index in [0.29, 0.717) is 22.9 Å². The molecular formula is C46H56Si. The smallest absolute Gasteiger partial charge is 0.0679 e. The van der Waals surface area contributed by atoms with Gasteiger partial charge in [-0.1, -0.05) is 176 Å². The van der Waals surface area contributed by atoms with Crippen molar-refractivity contribution >= 4 is 20.2 Å². The first-order valence-electron chi connectivity index (χ1n) is 18.5. The third-order valence-corrected chi connectivity index (χ3v) is 15.0. The quantitative estimate of drug-likeness (QED) is 0.136. The lowest BCUT2D eigenvalue weighted by Crippen LogP contribution is -2.43. The molecule has 0 nitrogen and oxygen atoms in total. The second-order valence-electron chi connectivity index (χ2n) is 15.8. The molecule has 6 rings (SSSR count). The summed E-state index contributed by atoms with van der Waals surface area (Å²) in [6.07, 6.45) is 12.2. The maximum atomic E-state index is 2.72. The van der Waals surface area contributed by atoms with Gasteiger partial charge < -0.3 is 0 Å². The van der Waals surface area contributed by atoms with Crippen molar-refractivity contribution in [1.29, 1.82) is 0 Å². The fourth-order valence-corrected chi connectivity index (χ4v) is 13.7. The summed E-state index contributed by atoms with van der Waals surface area (Å²) in [5.41, 5.74) is 18.8. The molecule has 2 unspecified atom stereocenters. The van der Waals surface area contributed by atoms with Crippen molar-refractivity contribution in [3.63, 3.8) is 0 Å². The van der Waals surface area contributed by atoms with E-state index >= 15 is 0 Å². The van der Waals surface area contributed by atoms with Crippen LogP contribution in [0.25, 0.3) is 34.4 Å². The average Bonchev–Trinajstić information content (AvgIpc) is 3.60. The monoisotopic (exact) mass is 636 g/mol. The van der Waals surface area contributed by atoms with Crippen molar-refractivity contribution in [3.05, 3.63) is 129 Å². The molecule has 0 bridgehead atoms. The zero-order chi connectivity index (χ0) is 33.3. The van der Waals surface area contributed by atoms with E-state index in [2.05, 4.69) is 152 Å². The van der Waals surface area contributed by atoms with Crippen LogP contribution in [0.1, 0.15) is 112 Å². The molecule has 1 heteroatoms. The van der Waals surface area contributed by atoms with Crippen LogP contribution >= 0.6 is 0 Å². The van der Waals surface area contributed by atoms with Crippen LogP contribution in [0.4, 0.5) is 0 Å². The molecule has 2 aliphatic carbocycles. The molecule has 0 saturated heterocycles. The molecule has 0 N–H and O–H groups in total. The molecule has 0 spiro atoms. The van der Waals surface area contributed by atoms with Crippen molar-refractivity contribution in [2.24, 2.45) is 11.8 Å². The Labute approximate surface area is 287 Å².